The van der Waals surface area contributed by atoms with Gasteiger partial charge in [0.2, 0.25) is 0 Å². The van der Waals surface area contributed by atoms with E-state index in [1.807, 2.05) is 0 Å². The molecule has 1 aliphatic carbocycles. The predicted octanol–water partition coefficient (Wildman–Crippen LogP) is 3.09. The lowest BCUT2D eigenvalue weighted by Gasteiger charge is -2.33. The number of hydrogen-bond acceptors (Lipinski definition) is 2. The third kappa shape index (κ3) is 3.56. The van der Waals surface area contributed by atoms with Crippen LogP contribution in [0.1, 0.15) is 50.0 Å². The lowest BCUT2D eigenvalue weighted by molar-refractivity contribution is 0.0553. The van der Waals surface area contributed by atoms with Crippen molar-refractivity contribution in [1.82, 2.24) is 0 Å². The van der Waals surface area contributed by atoms with Crippen LogP contribution in [0, 0.1) is 5.92 Å². The van der Waals surface area contributed by atoms with Crippen molar-refractivity contribution in [1.29, 1.82) is 0 Å². The molecule has 3 atom stereocenters. The van der Waals surface area contributed by atoms with Crippen molar-refractivity contribution in [2.75, 3.05) is 6.61 Å². The number of aliphatic hydroxyl groups excluding tert-OH is 2. The Hall–Kier alpha value is -0.860. The Labute approximate surface area is 110 Å². The summed E-state index contributed by atoms with van der Waals surface area (Å²) in [7, 11) is 0. The summed E-state index contributed by atoms with van der Waals surface area (Å²) in [5.74, 6) is 1.02. The molecule has 1 saturated carbocycles. The molecule has 2 heteroatoms. The van der Waals surface area contributed by atoms with Crippen molar-refractivity contribution < 1.29 is 10.2 Å². The molecule has 3 unspecified atom stereocenters. The zero-order valence-electron chi connectivity index (χ0n) is 11.0. The van der Waals surface area contributed by atoms with Crippen LogP contribution in [0.2, 0.25) is 0 Å². The van der Waals surface area contributed by atoms with Crippen molar-refractivity contribution >= 4 is 0 Å². The van der Waals surface area contributed by atoms with Gasteiger partial charge < -0.3 is 10.2 Å². The first-order chi connectivity index (χ1) is 8.81. The van der Waals surface area contributed by atoms with Gasteiger partial charge in [0.05, 0.1) is 6.10 Å². The summed E-state index contributed by atoms with van der Waals surface area (Å²) in [6, 6.07) is 10.7. The number of aliphatic hydroxyl groups is 2. The minimum Gasteiger partial charge on any atom is -0.396 e. The maximum Gasteiger partial charge on any atom is 0.0568 e. The van der Waals surface area contributed by atoms with E-state index in [-0.39, 0.29) is 12.7 Å². The summed E-state index contributed by atoms with van der Waals surface area (Å²) in [6.45, 7) is 0.269. The summed E-state index contributed by atoms with van der Waals surface area (Å²) in [5.41, 5.74) is 1.41. The summed E-state index contributed by atoms with van der Waals surface area (Å²) >= 11 is 0. The minimum atomic E-state index is -0.136. The highest BCUT2D eigenvalue weighted by molar-refractivity contribution is 5.20. The number of hydrogen-bond donors (Lipinski definition) is 2. The maximum atomic E-state index is 10.1. The normalized spacial score (nSPS) is 28.2. The molecule has 1 fully saturated rings. The Morgan fingerprint density at radius 1 is 1.06 bits per heavy atom. The zero-order chi connectivity index (χ0) is 12.8. The van der Waals surface area contributed by atoms with E-state index in [0.717, 1.165) is 38.5 Å². The van der Waals surface area contributed by atoms with Gasteiger partial charge in [0, 0.05) is 6.61 Å². The highest BCUT2D eigenvalue weighted by Gasteiger charge is 2.29. The smallest absolute Gasteiger partial charge is 0.0568 e. The van der Waals surface area contributed by atoms with Crippen LogP contribution >= 0.6 is 0 Å². The summed E-state index contributed by atoms with van der Waals surface area (Å²) < 4.78 is 0. The number of rotatable bonds is 5. The standard InChI is InChI=1S/C16H24O2/c17-11-5-4-8-15-12-14(9-10-16(15)18)13-6-2-1-3-7-13/h1-3,6-7,14-18H,4-5,8-12H2. The fourth-order valence-corrected chi connectivity index (χ4v) is 3.10. The van der Waals surface area contributed by atoms with Gasteiger partial charge in [0.1, 0.15) is 0 Å². The molecule has 0 aromatic heterocycles. The highest BCUT2D eigenvalue weighted by Crippen LogP contribution is 2.38. The van der Waals surface area contributed by atoms with Crippen molar-refractivity contribution in [3.05, 3.63) is 35.9 Å². The second-order valence-electron chi connectivity index (χ2n) is 5.47. The molecule has 1 aliphatic rings. The van der Waals surface area contributed by atoms with Crippen LogP contribution in [0.3, 0.4) is 0 Å². The average molecular weight is 248 g/mol. The van der Waals surface area contributed by atoms with Gasteiger partial charge in [0.25, 0.3) is 0 Å². The van der Waals surface area contributed by atoms with Crippen LogP contribution < -0.4 is 0 Å². The van der Waals surface area contributed by atoms with E-state index in [4.69, 9.17) is 5.11 Å². The Morgan fingerprint density at radius 3 is 2.56 bits per heavy atom. The fourth-order valence-electron chi connectivity index (χ4n) is 3.10. The lowest BCUT2D eigenvalue weighted by Crippen LogP contribution is -2.28. The Balaban J connectivity index is 1.91. The van der Waals surface area contributed by atoms with Crippen LogP contribution in [0.4, 0.5) is 0 Å². The first-order valence-corrected chi connectivity index (χ1v) is 7.15. The van der Waals surface area contributed by atoms with E-state index in [1.54, 1.807) is 0 Å². The molecule has 2 N–H and O–H groups in total. The Bertz CT molecular complexity index is 336. The Morgan fingerprint density at radius 2 is 1.83 bits per heavy atom. The molecule has 0 bridgehead atoms. The molecule has 0 spiro atoms. The molecule has 0 saturated heterocycles. The van der Waals surface area contributed by atoms with Gasteiger partial charge in [-0.2, -0.15) is 0 Å². The quantitative estimate of drug-likeness (QED) is 0.786. The topological polar surface area (TPSA) is 40.5 Å². The first kappa shape index (κ1) is 13.6. The predicted molar refractivity (Wildman–Crippen MR) is 73.5 cm³/mol. The third-order valence-electron chi connectivity index (χ3n) is 4.20. The molecule has 0 aliphatic heterocycles. The molecular weight excluding hydrogens is 224 g/mol. The molecule has 18 heavy (non-hydrogen) atoms. The molecule has 1 aromatic rings. The maximum absolute atomic E-state index is 10.1. The van der Waals surface area contributed by atoms with Gasteiger partial charge in [-0.05, 0) is 49.5 Å². The second-order valence-corrected chi connectivity index (χ2v) is 5.47. The van der Waals surface area contributed by atoms with Crippen molar-refractivity contribution in [3.63, 3.8) is 0 Å². The molecule has 0 radical (unpaired) electrons. The van der Waals surface area contributed by atoms with Crippen molar-refractivity contribution in [2.24, 2.45) is 5.92 Å². The molecule has 2 rings (SSSR count). The van der Waals surface area contributed by atoms with Crippen LogP contribution in [-0.4, -0.2) is 22.9 Å². The highest BCUT2D eigenvalue weighted by atomic mass is 16.3. The van der Waals surface area contributed by atoms with E-state index < -0.39 is 0 Å². The SMILES string of the molecule is OCCCCC1CC(c2ccccc2)CCC1O. The van der Waals surface area contributed by atoms with Crippen LogP contribution in [0.15, 0.2) is 30.3 Å². The van der Waals surface area contributed by atoms with E-state index in [1.165, 1.54) is 5.56 Å². The van der Waals surface area contributed by atoms with Crippen LogP contribution in [0.25, 0.3) is 0 Å². The fraction of sp³-hybridized carbons (Fsp3) is 0.625. The second kappa shape index (κ2) is 6.91. The molecule has 0 heterocycles. The van der Waals surface area contributed by atoms with Crippen LogP contribution in [-0.2, 0) is 0 Å². The molecule has 1 aromatic carbocycles. The molecule has 0 amide bonds. The summed E-state index contributed by atoms with van der Waals surface area (Å²) in [5, 5.41) is 18.9. The van der Waals surface area contributed by atoms with E-state index >= 15 is 0 Å². The molecule has 2 nitrogen and oxygen atoms in total. The van der Waals surface area contributed by atoms with Crippen molar-refractivity contribution in [3.8, 4) is 0 Å². The number of unbranched alkanes of at least 4 members (excludes halogenated alkanes) is 1. The van der Waals surface area contributed by atoms with Gasteiger partial charge in [0.15, 0.2) is 0 Å². The van der Waals surface area contributed by atoms with Gasteiger partial charge in [-0.15, -0.1) is 0 Å². The molecular formula is C16H24O2. The first-order valence-electron chi connectivity index (χ1n) is 7.15. The Kier molecular flexibility index (Phi) is 5.21. The lowest BCUT2D eigenvalue weighted by atomic mass is 9.74. The minimum absolute atomic E-state index is 0.136. The van der Waals surface area contributed by atoms with E-state index in [2.05, 4.69) is 30.3 Å². The summed E-state index contributed by atoms with van der Waals surface area (Å²) in [4.78, 5) is 0. The molecule has 100 valence electrons. The zero-order valence-corrected chi connectivity index (χ0v) is 11.0. The monoisotopic (exact) mass is 248 g/mol. The third-order valence-corrected chi connectivity index (χ3v) is 4.20. The van der Waals surface area contributed by atoms with E-state index in [0.29, 0.717) is 11.8 Å². The van der Waals surface area contributed by atoms with Crippen LogP contribution in [0.5, 0.6) is 0 Å². The van der Waals surface area contributed by atoms with E-state index in [9.17, 15) is 5.11 Å². The van der Waals surface area contributed by atoms with Gasteiger partial charge in [-0.1, -0.05) is 36.8 Å². The van der Waals surface area contributed by atoms with Gasteiger partial charge >= 0.3 is 0 Å². The average Bonchev–Trinajstić information content (AvgIpc) is 2.42. The van der Waals surface area contributed by atoms with Gasteiger partial charge in [-0.25, -0.2) is 0 Å². The summed E-state index contributed by atoms with van der Waals surface area (Å²) in [6.07, 6.45) is 5.91. The van der Waals surface area contributed by atoms with Crippen molar-refractivity contribution in [2.45, 2.75) is 50.5 Å². The van der Waals surface area contributed by atoms with Gasteiger partial charge in [-0.3, -0.25) is 0 Å². The largest absolute Gasteiger partial charge is 0.396 e. The number of benzene rings is 1.